The maximum Gasteiger partial charge on any atom is 0.255 e. The van der Waals surface area contributed by atoms with Crippen LogP contribution < -0.4 is 10.6 Å². The second-order valence-electron chi connectivity index (χ2n) is 7.89. The molecular weight excluding hydrogens is 480 g/mol. The van der Waals surface area contributed by atoms with Gasteiger partial charge in [-0.25, -0.2) is 4.68 Å². The molecule has 1 aliphatic heterocycles. The number of anilines is 2. The van der Waals surface area contributed by atoms with Gasteiger partial charge in [0.05, 0.1) is 17.5 Å². The molecule has 7 nitrogen and oxygen atoms in total. The van der Waals surface area contributed by atoms with E-state index in [0.29, 0.717) is 23.0 Å². The molecule has 2 aromatic heterocycles. The first-order chi connectivity index (χ1) is 16.0. The van der Waals surface area contributed by atoms with E-state index in [2.05, 4.69) is 31.5 Å². The van der Waals surface area contributed by atoms with Crippen molar-refractivity contribution in [3.63, 3.8) is 0 Å². The molecule has 1 atom stereocenters. The van der Waals surface area contributed by atoms with Crippen molar-refractivity contribution in [2.45, 2.75) is 19.9 Å². The zero-order valence-electron chi connectivity index (χ0n) is 18.1. The van der Waals surface area contributed by atoms with Crippen LogP contribution >= 0.6 is 15.9 Å². The highest BCUT2D eigenvalue weighted by molar-refractivity contribution is 9.10. The smallest absolute Gasteiger partial charge is 0.255 e. The van der Waals surface area contributed by atoms with Crippen LogP contribution in [0.1, 0.15) is 24.1 Å². The third-order valence-electron chi connectivity index (χ3n) is 5.48. The molecule has 1 aliphatic rings. The van der Waals surface area contributed by atoms with Crippen LogP contribution in [0.5, 0.6) is 0 Å². The van der Waals surface area contributed by atoms with Gasteiger partial charge in [-0.1, -0.05) is 51.8 Å². The minimum atomic E-state index is -0.447. The van der Waals surface area contributed by atoms with Crippen LogP contribution in [-0.4, -0.2) is 25.7 Å². The maximum atomic E-state index is 13.5. The molecule has 0 bridgehead atoms. The van der Waals surface area contributed by atoms with E-state index in [0.717, 1.165) is 26.9 Å². The molecule has 5 rings (SSSR count). The van der Waals surface area contributed by atoms with E-state index in [-0.39, 0.29) is 5.91 Å². The Morgan fingerprint density at radius 3 is 2.64 bits per heavy atom. The van der Waals surface area contributed by atoms with Crippen LogP contribution in [0.4, 0.5) is 11.6 Å². The molecule has 2 N–H and O–H groups in total. The summed E-state index contributed by atoms with van der Waals surface area (Å²) in [5.74, 6) is 0.971. The van der Waals surface area contributed by atoms with Crippen LogP contribution in [0.25, 0.3) is 11.4 Å². The Morgan fingerprint density at radius 1 is 1.09 bits per heavy atom. The molecule has 0 radical (unpaired) electrons. The summed E-state index contributed by atoms with van der Waals surface area (Å²) in [6.45, 7) is 3.92. The molecule has 3 heterocycles. The summed E-state index contributed by atoms with van der Waals surface area (Å²) in [7, 11) is 0. The van der Waals surface area contributed by atoms with Gasteiger partial charge in [-0.2, -0.15) is 4.98 Å². The van der Waals surface area contributed by atoms with Crippen LogP contribution in [0.2, 0.25) is 0 Å². The lowest BCUT2D eigenvalue weighted by Crippen LogP contribution is -2.31. The standard InChI is InChI=1S/C25H21BrN6O/c1-15-5-3-6-18(13-15)23-30-25-28-16(2)21(24(33)29-20-7-4-12-27-14-20)22(32(25)31-23)17-8-10-19(26)11-9-17/h3-14,22H,1-2H3,(H,29,33)(H,28,30,31). The normalized spacial score (nSPS) is 15.1. The zero-order valence-corrected chi connectivity index (χ0v) is 19.7. The van der Waals surface area contributed by atoms with Crippen molar-refractivity contribution in [1.29, 1.82) is 0 Å². The summed E-state index contributed by atoms with van der Waals surface area (Å²) in [4.78, 5) is 22.3. The quantitative estimate of drug-likeness (QED) is 0.395. The number of hydrogen-bond acceptors (Lipinski definition) is 5. The van der Waals surface area contributed by atoms with E-state index >= 15 is 0 Å². The van der Waals surface area contributed by atoms with Gasteiger partial charge in [0.25, 0.3) is 5.91 Å². The third-order valence-corrected chi connectivity index (χ3v) is 6.01. The highest BCUT2D eigenvalue weighted by atomic mass is 79.9. The van der Waals surface area contributed by atoms with E-state index in [1.54, 1.807) is 23.1 Å². The summed E-state index contributed by atoms with van der Waals surface area (Å²) in [5.41, 5.74) is 4.89. The summed E-state index contributed by atoms with van der Waals surface area (Å²) in [6.07, 6.45) is 3.29. The van der Waals surface area contributed by atoms with Crippen molar-refractivity contribution < 1.29 is 4.79 Å². The fourth-order valence-corrected chi connectivity index (χ4v) is 4.20. The molecule has 1 amide bonds. The number of hydrogen-bond donors (Lipinski definition) is 2. The first kappa shape index (κ1) is 21.1. The Morgan fingerprint density at radius 2 is 1.91 bits per heavy atom. The highest BCUT2D eigenvalue weighted by Gasteiger charge is 2.34. The predicted octanol–water partition coefficient (Wildman–Crippen LogP) is 5.34. The Hall–Kier alpha value is -3.78. The number of fused-ring (bicyclic) bond motifs is 1. The van der Waals surface area contributed by atoms with Gasteiger partial charge in [0.1, 0.15) is 6.04 Å². The number of allylic oxidation sites excluding steroid dienone is 1. The molecular formula is C25H21BrN6O. The maximum absolute atomic E-state index is 13.5. The number of benzene rings is 2. The lowest BCUT2D eigenvalue weighted by Gasteiger charge is -2.28. The van der Waals surface area contributed by atoms with Crippen molar-refractivity contribution in [2.75, 3.05) is 10.6 Å². The number of halogens is 1. The average Bonchev–Trinajstić information content (AvgIpc) is 3.23. The number of pyridine rings is 1. The van der Waals surface area contributed by atoms with Crippen LogP contribution in [0.3, 0.4) is 0 Å². The molecule has 0 aliphatic carbocycles. The minimum Gasteiger partial charge on any atom is -0.328 e. The molecule has 0 spiro atoms. The Balaban J connectivity index is 1.61. The number of aromatic nitrogens is 4. The molecule has 1 unspecified atom stereocenters. The second kappa shape index (κ2) is 8.63. The average molecular weight is 501 g/mol. The highest BCUT2D eigenvalue weighted by Crippen LogP contribution is 2.37. The third kappa shape index (κ3) is 4.17. The molecule has 2 aromatic carbocycles. The van der Waals surface area contributed by atoms with Crippen molar-refractivity contribution in [3.8, 4) is 11.4 Å². The molecule has 8 heteroatoms. The van der Waals surface area contributed by atoms with Gasteiger partial charge in [0.2, 0.25) is 5.95 Å². The van der Waals surface area contributed by atoms with Crippen LogP contribution in [0, 0.1) is 6.92 Å². The summed E-state index contributed by atoms with van der Waals surface area (Å²) < 4.78 is 2.74. The van der Waals surface area contributed by atoms with Gasteiger partial charge in [-0.3, -0.25) is 9.78 Å². The second-order valence-corrected chi connectivity index (χ2v) is 8.80. The first-order valence-corrected chi connectivity index (χ1v) is 11.3. The number of nitrogens with zero attached hydrogens (tertiary/aromatic N) is 4. The van der Waals surface area contributed by atoms with Crippen molar-refractivity contribution in [3.05, 3.63) is 99.9 Å². The van der Waals surface area contributed by atoms with E-state index in [1.165, 1.54) is 0 Å². The van der Waals surface area contributed by atoms with Crippen LogP contribution in [0.15, 0.2) is 88.8 Å². The number of aryl methyl sites for hydroxylation is 1. The summed E-state index contributed by atoms with van der Waals surface area (Å²) in [6, 6.07) is 19.1. The molecule has 33 heavy (non-hydrogen) atoms. The number of carbonyl (C=O) groups excluding carboxylic acids is 1. The Kier molecular flexibility index (Phi) is 5.51. The Bertz CT molecular complexity index is 1360. The number of nitrogens with one attached hydrogen (secondary N) is 2. The molecule has 4 aromatic rings. The molecule has 0 saturated heterocycles. The topological polar surface area (TPSA) is 84.7 Å². The lowest BCUT2D eigenvalue weighted by molar-refractivity contribution is -0.113. The van der Waals surface area contributed by atoms with Gasteiger partial charge >= 0.3 is 0 Å². The first-order valence-electron chi connectivity index (χ1n) is 10.5. The van der Waals surface area contributed by atoms with Gasteiger partial charge in [-0.05, 0) is 49.7 Å². The van der Waals surface area contributed by atoms with E-state index in [9.17, 15) is 4.79 Å². The number of carbonyl (C=O) groups is 1. The molecule has 164 valence electrons. The van der Waals surface area contributed by atoms with Crippen molar-refractivity contribution in [1.82, 2.24) is 19.7 Å². The minimum absolute atomic E-state index is 0.223. The van der Waals surface area contributed by atoms with Gasteiger partial charge in [0.15, 0.2) is 5.82 Å². The lowest BCUT2D eigenvalue weighted by atomic mass is 9.95. The predicted molar refractivity (Wildman–Crippen MR) is 132 cm³/mol. The fraction of sp³-hybridized carbons (Fsp3) is 0.120. The van der Waals surface area contributed by atoms with E-state index < -0.39 is 6.04 Å². The Labute approximate surface area is 199 Å². The fourth-order valence-electron chi connectivity index (χ4n) is 3.94. The van der Waals surface area contributed by atoms with Gasteiger partial charge in [0, 0.05) is 21.9 Å². The van der Waals surface area contributed by atoms with Crippen molar-refractivity contribution in [2.24, 2.45) is 0 Å². The summed E-state index contributed by atoms with van der Waals surface area (Å²) in [5, 5.41) is 11.1. The number of amides is 1. The molecule has 0 saturated carbocycles. The van der Waals surface area contributed by atoms with Gasteiger partial charge < -0.3 is 10.6 Å². The van der Waals surface area contributed by atoms with Crippen LogP contribution in [-0.2, 0) is 4.79 Å². The van der Waals surface area contributed by atoms with Crippen molar-refractivity contribution >= 4 is 33.5 Å². The zero-order chi connectivity index (χ0) is 22.9. The number of rotatable bonds is 4. The van der Waals surface area contributed by atoms with E-state index in [4.69, 9.17) is 10.1 Å². The SMILES string of the molecule is CC1=C(C(=O)Nc2cccnc2)C(c2ccc(Br)cc2)n2nc(-c3cccc(C)c3)nc2N1. The largest absolute Gasteiger partial charge is 0.328 e. The van der Waals surface area contributed by atoms with Gasteiger partial charge in [-0.15, -0.1) is 5.10 Å². The summed E-state index contributed by atoms with van der Waals surface area (Å²) >= 11 is 3.50. The monoisotopic (exact) mass is 500 g/mol. The molecule has 0 fully saturated rings. The van der Waals surface area contributed by atoms with E-state index in [1.807, 2.05) is 68.4 Å².